The van der Waals surface area contributed by atoms with Gasteiger partial charge in [-0.05, 0) is 37.0 Å². The average Bonchev–Trinajstić information content (AvgIpc) is 2.71. The van der Waals surface area contributed by atoms with E-state index in [2.05, 4.69) is 5.32 Å². The molecule has 0 saturated carbocycles. The number of carbonyl (C=O) groups is 1. The molecule has 0 atom stereocenters. The third-order valence-corrected chi connectivity index (χ3v) is 4.85. The zero-order valence-electron chi connectivity index (χ0n) is 16.9. The molecule has 1 N–H and O–H groups in total. The van der Waals surface area contributed by atoms with Crippen LogP contribution in [0, 0.1) is 13.8 Å². The lowest BCUT2D eigenvalue weighted by atomic mass is 10.1. The van der Waals surface area contributed by atoms with Gasteiger partial charge in [-0.25, -0.2) is 0 Å². The quantitative estimate of drug-likeness (QED) is 0.641. The lowest BCUT2D eigenvalue weighted by molar-refractivity contribution is -0.121. The van der Waals surface area contributed by atoms with Gasteiger partial charge < -0.3 is 14.6 Å². The highest BCUT2D eigenvalue weighted by Crippen LogP contribution is 2.12. The van der Waals surface area contributed by atoms with Crippen LogP contribution in [0.25, 0.3) is 0 Å². The van der Waals surface area contributed by atoms with Gasteiger partial charge in [0.1, 0.15) is 13.2 Å². The lowest BCUT2D eigenvalue weighted by Gasteiger charge is -2.14. The summed E-state index contributed by atoms with van der Waals surface area (Å²) in [5, 5.41) is 2.93. The van der Waals surface area contributed by atoms with Crippen LogP contribution in [-0.4, -0.2) is 17.0 Å². The maximum Gasteiger partial charge on any atom is 0.239 e. The summed E-state index contributed by atoms with van der Waals surface area (Å²) >= 11 is 0. The number of rotatable bonds is 8. The molecule has 0 aliphatic carbocycles. The molecule has 5 nitrogen and oxygen atoms in total. The van der Waals surface area contributed by atoms with Crippen molar-refractivity contribution in [2.75, 3.05) is 6.54 Å². The highest BCUT2D eigenvalue weighted by atomic mass is 16.5. The Morgan fingerprint density at radius 2 is 1.76 bits per heavy atom. The Hall–Kier alpha value is -3.34. The van der Waals surface area contributed by atoms with Crippen molar-refractivity contribution in [3.63, 3.8) is 0 Å². The van der Waals surface area contributed by atoms with Crippen LogP contribution >= 0.6 is 0 Å². The summed E-state index contributed by atoms with van der Waals surface area (Å²) in [4.78, 5) is 24.6. The molecular weight excluding hydrogens is 364 g/mol. The topological polar surface area (TPSA) is 60.3 Å². The second-order valence-corrected chi connectivity index (χ2v) is 7.07. The molecule has 1 aromatic heterocycles. The fourth-order valence-corrected chi connectivity index (χ4v) is 3.06. The van der Waals surface area contributed by atoms with E-state index in [9.17, 15) is 9.59 Å². The molecule has 3 rings (SSSR count). The van der Waals surface area contributed by atoms with Crippen LogP contribution in [0.2, 0.25) is 0 Å². The van der Waals surface area contributed by atoms with E-state index in [1.165, 1.54) is 11.6 Å². The van der Waals surface area contributed by atoms with E-state index in [-0.39, 0.29) is 23.6 Å². The molecule has 0 fully saturated rings. The monoisotopic (exact) mass is 390 g/mol. The molecule has 3 aromatic rings. The first-order valence-electron chi connectivity index (χ1n) is 9.72. The van der Waals surface area contributed by atoms with Gasteiger partial charge in [0.15, 0.2) is 5.75 Å². The van der Waals surface area contributed by atoms with Gasteiger partial charge in [-0.15, -0.1) is 0 Å². The zero-order chi connectivity index (χ0) is 20.6. The highest BCUT2D eigenvalue weighted by Gasteiger charge is 2.09. The summed E-state index contributed by atoms with van der Waals surface area (Å²) in [7, 11) is 0. The van der Waals surface area contributed by atoms with Gasteiger partial charge in [-0.3, -0.25) is 9.59 Å². The molecule has 150 valence electrons. The van der Waals surface area contributed by atoms with Crippen molar-refractivity contribution in [2.45, 2.75) is 33.4 Å². The molecule has 0 aliphatic rings. The fraction of sp³-hybridized carbons (Fsp3) is 0.250. The van der Waals surface area contributed by atoms with E-state index in [0.717, 1.165) is 23.2 Å². The van der Waals surface area contributed by atoms with Gasteiger partial charge in [0.2, 0.25) is 11.3 Å². The first-order chi connectivity index (χ1) is 14.0. The smallest absolute Gasteiger partial charge is 0.239 e. The van der Waals surface area contributed by atoms with Crippen LogP contribution in [0.1, 0.15) is 22.4 Å². The molecule has 1 amide bonds. The predicted octanol–water partition coefficient (Wildman–Crippen LogP) is 3.40. The zero-order valence-corrected chi connectivity index (χ0v) is 16.9. The number of ether oxygens (including phenoxy) is 1. The number of nitrogens with zero attached hydrogens (tertiary/aromatic N) is 1. The maximum atomic E-state index is 12.3. The molecule has 0 radical (unpaired) electrons. The third kappa shape index (κ3) is 5.82. The number of amides is 1. The third-order valence-electron chi connectivity index (χ3n) is 4.85. The van der Waals surface area contributed by atoms with Gasteiger partial charge in [-0.2, -0.15) is 0 Å². The Balaban J connectivity index is 1.60. The first kappa shape index (κ1) is 20.4. The van der Waals surface area contributed by atoms with Crippen molar-refractivity contribution in [2.24, 2.45) is 0 Å². The highest BCUT2D eigenvalue weighted by molar-refractivity contribution is 5.75. The second kappa shape index (κ2) is 9.73. The van der Waals surface area contributed by atoms with Gasteiger partial charge in [0.25, 0.3) is 0 Å². The van der Waals surface area contributed by atoms with Gasteiger partial charge >= 0.3 is 0 Å². The van der Waals surface area contributed by atoms with Crippen LogP contribution < -0.4 is 15.5 Å². The van der Waals surface area contributed by atoms with Crippen molar-refractivity contribution in [3.8, 4) is 5.75 Å². The molecule has 5 heteroatoms. The van der Waals surface area contributed by atoms with Crippen molar-refractivity contribution in [3.05, 3.63) is 99.5 Å². The fourth-order valence-electron chi connectivity index (χ4n) is 3.06. The molecular formula is C24H26N2O3. The summed E-state index contributed by atoms with van der Waals surface area (Å²) in [5.41, 5.74) is 3.85. The van der Waals surface area contributed by atoms with Crippen molar-refractivity contribution < 1.29 is 9.53 Å². The van der Waals surface area contributed by atoms with Crippen LogP contribution in [0.4, 0.5) is 0 Å². The van der Waals surface area contributed by atoms with Crippen molar-refractivity contribution >= 4 is 5.91 Å². The first-order valence-corrected chi connectivity index (χ1v) is 9.72. The molecule has 0 bridgehead atoms. The summed E-state index contributed by atoms with van der Waals surface area (Å²) in [6, 6.07) is 19.4. The minimum absolute atomic E-state index is 0.0995. The second-order valence-electron chi connectivity index (χ2n) is 7.07. The number of aryl methyl sites for hydroxylation is 2. The van der Waals surface area contributed by atoms with Crippen LogP contribution in [0.3, 0.4) is 0 Å². The molecule has 0 aliphatic heterocycles. The van der Waals surface area contributed by atoms with E-state index in [1.807, 2.05) is 68.4 Å². The van der Waals surface area contributed by atoms with Crippen LogP contribution in [-0.2, 0) is 24.4 Å². The Labute approximate surface area is 171 Å². The predicted molar refractivity (Wildman–Crippen MR) is 114 cm³/mol. The van der Waals surface area contributed by atoms with E-state index in [4.69, 9.17) is 4.74 Å². The molecule has 0 unspecified atom stereocenters. The number of benzene rings is 2. The minimum Gasteiger partial charge on any atom is -0.483 e. The van der Waals surface area contributed by atoms with E-state index in [1.54, 1.807) is 10.8 Å². The van der Waals surface area contributed by atoms with Crippen molar-refractivity contribution in [1.82, 2.24) is 9.88 Å². The molecule has 29 heavy (non-hydrogen) atoms. The number of aromatic nitrogens is 1. The van der Waals surface area contributed by atoms with E-state index >= 15 is 0 Å². The number of nitrogens with one attached hydrogen (secondary N) is 1. The number of hydrogen-bond donors (Lipinski definition) is 1. The Morgan fingerprint density at radius 1 is 1.03 bits per heavy atom. The lowest BCUT2D eigenvalue weighted by Crippen LogP contribution is -2.30. The molecule has 0 spiro atoms. The van der Waals surface area contributed by atoms with Gasteiger partial charge in [0, 0.05) is 18.3 Å². The van der Waals surface area contributed by atoms with E-state index < -0.39 is 0 Å². The SMILES string of the molecule is Cc1ccccc1COc1cn(CC(=O)NCCc2ccccc2)c(C)cc1=O. The standard InChI is InChI=1S/C24H26N2O3/c1-18-8-6-7-11-21(18)17-29-23-15-26(19(2)14-22(23)27)16-24(28)25-13-12-20-9-4-3-5-10-20/h3-11,14-15H,12-13,16-17H2,1-2H3,(H,25,28). The van der Waals surface area contributed by atoms with Crippen LogP contribution in [0.15, 0.2) is 71.7 Å². The summed E-state index contributed by atoms with van der Waals surface area (Å²) < 4.78 is 7.50. The summed E-state index contributed by atoms with van der Waals surface area (Å²) in [6.07, 6.45) is 2.40. The average molecular weight is 390 g/mol. The van der Waals surface area contributed by atoms with E-state index in [0.29, 0.717) is 13.2 Å². The van der Waals surface area contributed by atoms with Gasteiger partial charge in [0.05, 0.1) is 6.20 Å². The molecule has 0 saturated heterocycles. The van der Waals surface area contributed by atoms with Crippen LogP contribution in [0.5, 0.6) is 5.75 Å². The molecule has 2 aromatic carbocycles. The summed E-state index contributed by atoms with van der Waals surface area (Å²) in [6.45, 7) is 4.84. The maximum absolute atomic E-state index is 12.3. The Morgan fingerprint density at radius 3 is 2.52 bits per heavy atom. The number of hydrogen-bond acceptors (Lipinski definition) is 3. The minimum atomic E-state index is -0.184. The van der Waals surface area contributed by atoms with Gasteiger partial charge in [-0.1, -0.05) is 54.6 Å². The molecule has 1 heterocycles. The largest absolute Gasteiger partial charge is 0.483 e. The van der Waals surface area contributed by atoms with Crippen molar-refractivity contribution in [1.29, 1.82) is 0 Å². The number of carbonyl (C=O) groups excluding carboxylic acids is 1. The summed E-state index contributed by atoms with van der Waals surface area (Å²) in [5.74, 6) is 0.147. The number of pyridine rings is 1. The Bertz CT molecular complexity index is 1030. The Kier molecular flexibility index (Phi) is 6.85. The normalized spacial score (nSPS) is 10.6.